The number of likely N-dealkylation sites (N-methyl/N-ethyl adjacent to an activating group) is 1. The van der Waals surface area contributed by atoms with Crippen molar-refractivity contribution in [2.75, 3.05) is 32.6 Å². The van der Waals surface area contributed by atoms with Gasteiger partial charge in [0.15, 0.2) is 0 Å². The lowest BCUT2D eigenvalue weighted by Gasteiger charge is -2.14. The van der Waals surface area contributed by atoms with Crippen LogP contribution in [-0.4, -0.2) is 57.8 Å². The second-order valence-electron chi connectivity index (χ2n) is 10.8. The number of aromatic nitrogens is 4. The van der Waals surface area contributed by atoms with Crippen LogP contribution in [0.2, 0.25) is 0 Å². The minimum Gasteiger partial charge on any atom is -0.492 e. The monoisotopic (exact) mass is 562 g/mol. The van der Waals surface area contributed by atoms with Crippen LogP contribution in [0, 0.1) is 13.8 Å². The molecule has 0 atom stereocenters. The highest BCUT2D eigenvalue weighted by atomic mass is 16.5. The highest BCUT2D eigenvalue weighted by Gasteiger charge is 2.23. The quantitative estimate of drug-likeness (QED) is 0.189. The number of nitrogens with one attached hydrogen (secondary N) is 2. The van der Waals surface area contributed by atoms with Crippen LogP contribution in [0.1, 0.15) is 23.7 Å². The predicted octanol–water partition coefficient (Wildman–Crippen LogP) is 6.54. The van der Waals surface area contributed by atoms with Gasteiger partial charge < -0.3 is 19.9 Å². The zero-order valence-corrected chi connectivity index (χ0v) is 25.2. The van der Waals surface area contributed by atoms with E-state index < -0.39 is 0 Å². The minimum absolute atomic E-state index is 0.246. The number of aryl methyl sites for hydroxylation is 3. The lowest BCUT2D eigenvalue weighted by Crippen LogP contribution is -2.19. The summed E-state index contributed by atoms with van der Waals surface area (Å²) in [5.41, 5.74) is 10.9. The molecule has 0 fully saturated rings. The second-order valence-corrected chi connectivity index (χ2v) is 10.8. The van der Waals surface area contributed by atoms with Crippen molar-refractivity contribution in [3.63, 3.8) is 0 Å². The third-order valence-electron chi connectivity index (χ3n) is 7.73. The molecule has 42 heavy (non-hydrogen) atoms. The molecule has 1 amide bonds. The van der Waals surface area contributed by atoms with Crippen molar-refractivity contribution < 1.29 is 9.53 Å². The van der Waals surface area contributed by atoms with Crippen molar-refractivity contribution in [3.05, 3.63) is 84.3 Å². The average molecular weight is 563 g/mol. The Hall–Kier alpha value is -4.69. The molecule has 216 valence electrons. The maximum absolute atomic E-state index is 12.2. The Balaban J connectivity index is 1.72. The van der Waals surface area contributed by atoms with E-state index in [-0.39, 0.29) is 5.91 Å². The maximum Gasteiger partial charge on any atom is 0.247 e. The van der Waals surface area contributed by atoms with Gasteiger partial charge in [-0.1, -0.05) is 25.6 Å². The predicted molar refractivity (Wildman–Crippen MR) is 171 cm³/mol. The molecule has 2 N–H and O–H groups in total. The van der Waals surface area contributed by atoms with E-state index in [1.165, 1.54) is 11.6 Å². The van der Waals surface area contributed by atoms with Crippen LogP contribution < -0.4 is 10.1 Å². The first-order valence-electron chi connectivity index (χ1n) is 14.2. The van der Waals surface area contributed by atoms with Gasteiger partial charge in [0, 0.05) is 53.2 Å². The molecular formula is C34H38N6O2. The minimum atomic E-state index is -0.246. The molecule has 0 radical (unpaired) electrons. The van der Waals surface area contributed by atoms with Gasteiger partial charge in [0.2, 0.25) is 5.91 Å². The number of H-pyrrole nitrogens is 1. The van der Waals surface area contributed by atoms with E-state index in [1.807, 2.05) is 69.4 Å². The number of nitrogens with zero attached hydrogens (tertiary/aromatic N) is 4. The summed E-state index contributed by atoms with van der Waals surface area (Å²) in [6.45, 7) is 11.3. The van der Waals surface area contributed by atoms with E-state index in [0.717, 1.165) is 80.2 Å². The summed E-state index contributed by atoms with van der Waals surface area (Å²) in [6, 6.07) is 14.3. The molecule has 0 saturated carbocycles. The number of pyridine rings is 1. The number of aromatic amines is 1. The third kappa shape index (κ3) is 5.58. The normalized spacial score (nSPS) is 11.3. The SMILES string of the molecule is C=CC(=O)Nc1cc(-c2c(-c3ccc(OCCN(C)C)cc3)[nH]c3ncc(-c4cnn(C)c4C)c(CC)c23)ccc1C. The number of fused-ring (bicyclic) bond motifs is 1. The van der Waals surface area contributed by atoms with Crippen molar-refractivity contribution in [1.82, 2.24) is 24.6 Å². The molecule has 8 nitrogen and oxygen atoms in total. The van der Waals surface area contributed by atoms with Gasteiger partial charge in [0.25, 0.3) is 0 Å². The fourth-order valence-electron chi connectivity index (χ4n) is 5.25. The smallest absolute Gasteiger partial charge is 0.247 e. The first-order valence-corrected chi connectivity index (χ1v) is 14.2. The molecule has 5 rings (SSSR count). The number of carbonyl (C=O) groups is 1. The van der Waals surface area contributed by atoms with Crippen molar-refractivity contribution in [2.24, 2.45) is 7.05 Å². The number of amides is 1. The Labute approximate surface area is 247 Å². The molecule has 0 aliphatic heterocycles. The Kier molecular flexibility index (Phi) is 8.27. The van der Waals surface area contributed by atoms with Crippen LogP contribution in [-0.2, 0) is 18.3 Å². The average Bonchev–Trinajstić information content (AvgIpc) is 3.53. The van der Waals surface area contributed by atoms with Gasteiger partial charge in [-0.05, 0) is 93.0 Å². The third-order valence-corrected chi connectivity index (χ3v) is 7.73. The van der Waals surface area contributed by atoms with Gasteiger partial charge in [-0.2, -0.15) is 5.10 Å². The number of benzene rings is 2. The van der Waals surface area contributed by atoms with E-state index in [0.29, 0.717) is 6.61 Å². The Morgan fingerprint density at radius 1 is 1.10 bits per heavy atom. The lowest BCUT2D eigenvalue weighted by molar-refractivity contribution is -0.111. The van der Waals surface area contributed by atoms with E-state index >= 15 is 0 Å². The summed E-state index contributed by atoms with van der Waals surface area (Å²) in [7, 11) is 6.02. The molecule has 3 heterocycles. The van der Waals surface area contributed by atoms with Gasteiger partial charge in [-0.25, -0.2) is 4.98 Å². The second kappa shape index (κ2) is 12.0. The summed E-state index contributed by atoms with van der Waals surface area (Å²) in [5, 5.41) is 8.52. The number of hydrogen-bond acceptors (Lipinski definition) is 5. The van der Waals surface area contributed by atoms with Crippen molar-refractivity contribution >= 4 is 22.6 Å². The molecule has 8 heteroatoms. The largest absolute Gasteiger partial charge is 0.492 e. The molecule has 0 aliphatic rings. The lowest BCUT2D eigenvalue weighted by atomic mass is 9.91. The fraction of sp³-hybridized carbons (Fsp3) is 0.265. The highest BCUT2D eigenvalue weighted by molar-refractivity contribution is 6.07. The molecule has 0 spiro atoms. The van der Waals surface area contributed by atoms with E-state index in [9.17, 15) is 4.79 Å². The zero-order valence-electron chi connectivity index (χ0n) is 25.2. The molecule has 0 aliphatic carbocycles. The van der Waals surface area contributed by atoms with Crippen LogP contribution in [0.25, 0.3) is 44.5 Å². The van der Waals surface area contributed by atoms with Gasteiger partial charge in [-0.3, -0.25) is 9.48 Å². The van der Waals surface area contributed by atoms with Gasteiger partial charge >= 0.3 is 0 Å². The molecule has 0 bridgehead atoms. The number of ether oxygens (including phenoxy) is 1. The first kappa shape index (κ1) is 28.8. The standard InChI is InChI=1S/C34H38N6O2/c1-8-26-28(27-20-36-40(7)22(27)4)19-35-34-32(26)31(24-11-10-21(3)29(18-24)37-30(41)9-2)33(38-34)23-12-14-25(15-13-23)42-17-16-39(5)6/h9-15,18-20H,2,8,16-17H2,1,3-7H3,(H,35,38)(H,37,41). The van der Waals surface area contributed by atoms with E-state index in [1.54, 1.807) is 0 Å². The summed E-state index contributed by atoms with van der Waals surface area (Å²) in [5.74, 6) is 0.578. The van der Waals surface area contributed by atoms with Crippen LogP contribution in [0.3, 0.4) is 0 Å². The van der Waals surface area contributed by atoms with Crippen LogP contribution in [0.15, 0.2) is 67.5 Å². The van der Waals surface area contributed by atoms with Crippen LogP contribution in [0.4, 0.5) is 5.69 Å². The number of rotatable bonds is 10. The van der Waals surface area contributed by atoms with E-state index in [4.69, 9.17) is 9.72 Å². The van der Waals surface area contributed by atoms with Gasteiger partial charge in [-0.15, -0.1) is 0 Å². The van der Waals surface area contributed by atoms with Crippen LogP contribution in [0.5, 0.6) is 5.75 Å². The molecule has 5 aromatic rings. The summed E-state index contributed by atoms with van der Waals surface area (Å²) in [6.07, 6.45) is 5.95. The fourth-order valence-corrected chi connectivity index (χ4v) is 5.25. The summed E-state index contributed by atoms with van der Waals surface area (Å²) in [4.78, 5) is 22.9. The highest BCUT2D eigenvalue weighted by Crippen LogP contribution is 2.43. The Morgan fingerprint density at radius 3 is 2.48 bits per heavy atom. The topological polar surface area (TPSA) is 88.1 Å². The van der Waals surface area contributed by atoms with Gasteiger partial charge in [0.1, 0.15) is 18.0 Å². The van der Waals surface area contributed by atoms with E-state index in [2.05, 4.69) is 58.9 Å². The summed E-state index contributed by atoms with van der Waals surface area (Å²) < 4.78 is 7.84. The molecule has 3 aromatic heterocycles. The zero-order chi connectivity index (χ0) is 30.0. The molecular weight excluding hydrogens is 524 g/mol. The number of anilines is 1. The number of carbonyl (C=O) groups excluding carboxylic acids is 1. The molecule has 0 saturated heterocycles. The summed E-state index contributed by atoms with van der Waals surface area (Å²) >= 11 is 0. The van der Waals surface area contributed by atoms with Crippen molar-refractivity contribution in [3.8, 4) is 39.3 Å². The maximum atomic E-state index is 12.2. The molecule has 0 unspecified atom stereocenters. The van der Waals surface area contributed by atoms with Crippen LogP contribution >= 0.6 is 0 Å². The number of hydrogen-bond donors (Lipinski definition) is 2. The van der Waals surface area contributed by atoms with Crippen molar-refractivity contribution in [2.45, 2.75) is 27.2 Å². The van der Waals surface area contributed by atoms with Crippen molar-refractivity contribution in [1.29, 1.82) is 0 Å². The van der Waals surface area contributed by atoms with Gasteiger partial charge in [0.05, 0.1) is 11.9 Å². The molecule has 2 aromatic carbocycles. The Morgan fingerprint density at radius 2 is 1.83 bits per heavy atom. The Bertz CT molecular complexity index is 1760. The first-order chi connectivity index (χ1) is 20.2.